The molecule has 0 aromatic heterocycles. The lowest BCUT2D eigenvalue weighted by atomic mass is 10.0. The predicted octanol–water partition coefficient (Wildman–Crippen LogP) is 1.70. The largest absolute Gasteiger partial charge is 0.478 e. The van der Waals surface area contributed by atoms with Gasteiger partial charge in [0.2, 0.25) is 0 Å². The molecule has 0 spiro atoms. The van der Waals surface area contributed by atoms with Gasteiger partial charge in [-0.25, -0.2) is 4.79 Å². The Morgan fingerprint density at radius 1 is 1.50 bits per heavy atom. The number of hydrogen-bond acceptors (Lipinski definition) is 2. The molecule has 3 heteroatoms. The summed E-state index contributed by atoms with van der Waals surface area (Å²) in [6.45, 7) is 1.71. The maximum atomic E-state index is 10.8. The highest BCUT2D eigenvalue weighted by atomic mass is 16.4. The molecule has 0 fully saturated rings. The Morgan fingerprint density at radius 2 is 2.21 bits per heavy atom. The lowest BCUT2D eigenvalue weighted by molar-refractivity contribution is 0.0696. The molecule has 0 aliphatic rings. The number of aromatic carboxylic acids is 1. The number of rotatable bonds is 3. The highest BCUT2D eigenvalue weighted by molar-refractivity contribution is 5.90. The normalized spacial score (nSPS) is 10.7. The van der Waals surface area contributed by atoms with E-state index in [-0.39, 0.29) is 6.61 Å². The van der Waals surface area contributed by atoms with Crippen LogP contribution < -0.4 is 0 Å². The molecule has 3 nitrogen and oxygen atoms in total. The van der Waals surface area contributed by atoms with Crippen molar-refractivity contribution < 1.29 is 15.0 Å². The van der Waals surface area contributed by atoms with Gasteiger partial charge in [-0.1, -0.05) is 24.3 Å². The Labute approximate surface area is 82.3 Å². The SMILES string of the molecule is Cc1c(C=CCO)cccc1C(=O)O. The van der Waals surface area contributed by atoms with Crippen LogP contribution in [0.15, 0.2) is 24.3 Å². The quantitative estimate of drug-likeness (QED) is 0.766. The van der Waals surface area contributed by atoms with Crippen LogP contribution in [0, 0.1) is 6.92 Å². The second kappa shape index (κ2) is 4.58. The summed E-state index contributed by atoms with van der Waals surface area (Å²) < 4.78 is 0. The maximum Gasteiger partial charge on any atom is 0.335 e. The molecule has 0 saturated carbocycles. The summed E-state index contributed by atoms with van der Waals surface area (Å²) in [5.41, 5.74) is 1.83. The van der Waals surface area contributed by atoms with Gasteiger partial charge in [-0.3, -0.25) is 0 Å². The van der Waals surface area contributed by atoms with Gasteiger partial charge in [-0.2, -0.15) is 0 Å². The predicted molar refractivity (Wildman–Crippen MR) is 54.3 cm³/mol. The Morgan fingerprint density at radius 3 is 2.79 bits per heavy atom. The molecule has 1 rings (SSSR count). The third-order valence-electron chi connectivity index (χ3n) is 2.01. The Kier molecular flexibility index (Phi) is 3.42. The van der Waals surface area contributed by atoms with Crippen LogP contribution in [0.4, 0.5) is 0 Å². The molecular weight excluding hydrogens is 180 g/mol. The van der Waals surface area contributed by atoms with E-state index in [0.29, 0.717) is 11.1 Å². The smallest absolute Gasteiger partial charge is 0.335 e. The van der Waals surface area contributed by atoms with Crippen LogP contribution in [0.1, 0.15) is 21.5 Å². The van der Waals surface area contributed by atoms with Crippen LogP contribution in [0.2, 0.25) is 0 Å². The number of benzene rings is 1. The van der Waals surface area contributed by atoms with Crippen LogP contribution in [0.25, 0.3) is 6.08 Å². The summed E-state index contributed by atoms with van der Waals surface area (Å²) in [7, 11) is 0. The van der Waals surface area contributed by atoms with Crippen LogP contribution in [-0.2, 0) is 0 Å². The number of carboxylic acid groups (broad SMARTS) is 1. The molecule has 1 aromatic rings. The van der Waals surface area contributed by atoms with E-state index in [4.69, 9.17) is 10.2 Å². The highest BCUT2D eigenvalue weighted by Gasteiger charge is 2.07. The average Bonchev–Trinajstić information content (AvgIpc) is 2.16. The zero-order valence-electron chi connectivity index (χ0n) is 7.90. The van der Waals surface area contributed by atoms with Gasteiger partial charge in [0.15, 0.2) is 0 Å². The second-order valence-corrected chi connectivity index (χ2v) is 2.91. The number of carbonyl (C=O) groups is 1. The molecule has 0 saturated heterocycles. The molecule has 0 amide bonds. The first kappa shape index (κ1) is 10.5. The fourth-order valence-corrected chi connectivity index (χ4v) is 1.25. The number of hydrogen-bond donors (Lipinski definition) is 2. The van der Waals surface area contributed by atoms with Gasteiger partial charge in [0.05, 0.1) is 12.2 Å². The van der Waals surface area contributed by atoms with E-state index in [0.717, 1.165) is 5.56 Å². The van der Waals surface area contributed by atoms with Gasteiger partial charge < -0.3 is 10.2 Å². The fraction of sp³-hybridized carbons (Fsp3) is 0.182. The van der Waals surface area contributed by atoms with Crippen molar-refractivity contribution in [3.8, 4) is 0 Å². The zero-order chi connectivity index (χ0) is 10.6. The summed E-state index contributed by atoms with van der Waals surface area (Å²) in [4.78, 5) is 10.8. The third kappa shape index (κ3) is 2.20. The molecule has 2 N–H and O–H groups in total. The minimum Gasteiger partial charge on any atom is -0.478 e. The lowest BCUT2D eigenvalue weighted by Crippen LogP contribution is -2.00. The molecule has 0 bridgehead atoms. The Balaban J connectivity index is 3.14. The fourth-order valence-electron chi connectivity index (χ4n) is 1.25. The average molecular weight is 192 g/mol. The third-order valence-corrected chi connectivity index (χ3v) is 2.01. The molecule has 74 valence electrons. The second-order valence-electron chi connectivity index (χ2n) is 2.91. The molecule has 0 atom stereocenters. The van der Waals surface area contributed by atoms with E-state index in [1.54, 1.807) is 31.2 Å². The first-order valence-electron chi connectivity index (χ1n) is 4.27. The van der Waals surface area contributed by atoms with E-state index < -0.39 is 5.97 Å². The standard InChI is InChI=1S/C11H12O3/c1-8-9(5-3-7-12)4-2-6-10(8)11(13)14/h2-6,12H,7H2,1H3,(H,13,14). The van der Waals surface area contributed by atoms with Crippen molar-refractivity contribution in [2.24, 2.45) is 0 Å². The van der Waals surface area contributed by atoms with Gasteiger partial charge in [-0.15, -0.1) is 0 Å². The van der Waals surface area contributed by atoms with E-state index in [9.17, 15) is 4.79 Å². The van der Waals surface area contributed by atoms with Crippen molar-refractivity contribution in [1.82, 2.24) is 0 Å². The van der Waals surface area contributed by atoms with Gasteiger partial charge >= 0.3 is 5.97 Å². The van der Waals surface area contributed by atoms with Crippen LogP contribution in [-0.4, -0.2) is 22.8 Å². The summed E-state index contributed by atoms with van der Waals surface area (Å²) in [5, 5.41) is 17.4. The van der Waals surface area contributed by atoms with E-state index in [2.05, 4.69) is 0 Å². The van der Waals surface area contributed by atoms with Crippen molar-refractivity contribution in [1.29, 1.82) is 0 Å². The molecule has 0 unspecified atom stereocenters. The molecule has 14 heavy (non-hydrogen) atoms. The maximum absolute atomic E-state index is 10.8. The minimum absolute atomic E-state index is 0.0449. The highest BCUT2D eigenvalue weighted by Crippen LogP contribution is 2.15. The molecule has 0 aliphatic carbocycles. The van der Waals surface area contributed by atoms with Crippen molar-refractivity contribution >= 4 is 12.0 Å². The van der Waals surface area contributed by atoms with Crippen molar-refractivity contribution in [3.05, 3.63) is 41.0 Å². The van der Waals surface area contributed by atoms with Crippen molar-refractivity contribution in [2.75, 3.05) is 6.61 Å². The van der Waals surface area contributed by atoms with Gasteiger partial charge in [-0.05, 0) is 24.1 Å². The summed E-state index contributed by atoms with van der Waals surface area (Å²) in [6.07, 6.45) is 3.29. The molecule has 0 radical (unpaired) electrons. The molecule has 0 heterocycles. The summed E-state index contributed by atoms with van der Waals surface area (Å²) in [5.74, 6) is -0.929. The van der Waals surface area contributed by atoms with Crippen LogP contribution in [0.3, 0.4) is 0 Å². The number of carboxylic acids is 1. The number of aliphatic hydroxyl groups is 1. The molecular formula is C11H12O3. The van der Waals surface area contributed by atoms with E-state index in [1.807, 2.05) is 6.07 Å². The summed E-state index contributed by atoms with van der Waals surface area (Å²) in [6, 6.07) is 5.06. The topological polar surface area (TPSA) is 57.5 Å². The van der Waals surface area contributed by atoms with Gasteiger partial charge in [0.1, 0.15) is 0 Å². The molecule has 1 aromatic carbocycles. The minimum atomic E-state index is -0.929. The Hall–Kier alpha value is -1.61. The van der Waals surface area contributed by atoms with Crippen LogP contribution in [0.5, 0.6) is 0 Å². The molecule has 0 aliphatic heterocycles. The lowest BCUT2D eigenvalue weighted by Gasteiger charge is -2.03. The number of aliphatic hydroxyl groups excluding tert-OH is 1. The zero-order valence-corrected chi connectivity index (χ0v) is 7.90. The Bertz CT molecular complexity index is 367. The van der Waals surface area contributed by atoms with Crippen LogP contribution >= 0.6 is 0 Å². The first-order valence-corrected chi connectivity index (χ1v) is 4.27. The van der Waals surface area contributed by atoms with Crippen molar-refractivity contribution in [2.45, 2.75) is 6.92 Å². The van der Waals surface area contributed by atoms with Crippen molar-refractivity contribution in [3.63, 3.8) is 0 Å². The van der Waals surface area contributed by atoms with E-state index in [1.165, 1.54) is 0 Å². The monoisotopic (exact) mass is 192 g/mol. The van der Waals surface area contributed by atoms with Gasteiger partial charge in [0, 0.05) is 0 Å². The van der Waals surface area contributed by atoms with Gasteiger partial charge in [0.25, 0.3) is 0 Å². The first-order chi connectivity index (χ1) is 6.66. The summed E-state index contributed by atoms with van der Waals surface area (Å²) >= 11 is 0. The van der Waals surface area contributed by atoms with E-state index >= 15 is 0 Å².